The number of nitrogens with one attached hydrogen (secondary N) is 1. The van der Waals surface area contributed by atoms with Crippen LogP contribution in [-0.2, 0) is 4.74 Å². The van der Waals surface area contributed by atoms with Crippen molar-refractivity contribution in [2.45, 2.75) is 18.9 Å². The van der Waals surface area contributed by atoms with Crippen LogP contribution in [0.4, 0.5) is 21.9 Å². The molecule has 1 saturated heterocycles. The number of nitrogens with two attached hydrogens (primary N) is 1. The standard InChI is InChI=1S/C25H26BrN5O3/c1-34-25(33)31(20-10-14-30(15-11-20)19-8-12-28-13-9-19)29-23-21(6-3-7-22(23)27)24(32)17-4-2-5-18(26)16-17/h2-9,12-13,16,20,29H,10-11,14-15,27H2,1H3. The van der Waals surface area contributed by atoms with Crippen molar-refractivity contribution >= 4 is 44.9 Å². The maximum absolute atomic E-state index is 13.3. The van der Waals surface area contributed by atoms with Crippen molar-refractivity contribution in [2.75, 3.05) is 36.3 Å². The van der Waals surface area contributed by atoms with E-state index in [1.807, 2.05) is 18.2 Å². The smallest absolute Gasteiger partial charge is 0.428 e. The maximum atomic E-state index is 13.3. The largest absolute Gasteiger partial charge is 0.452 e. The summed E-state index contributed by atoms with van der Waals surface area (Å²) in [7, 11) is 1.34. The van der Waals surface area contributed by atoms with Crippen LogP contribution in [0.15, 0.2) is 71.5 Å². The average Bonchev–Trinajstić information content (AvgIpc) is 2.87. The van der Waals surface area contributed by atoms with Crippen molar-refractivity contribution < 1.29 is 14.3 Å². The third kappa shape index (κ3) is 5.14. The molecule has 0 unspecified atom stereocenters. The molecule has 0 bridgehead atoms. The van der Waals surface area contributed by atoms with Gasteiger partial charge < -0.3 is 15.4 Å². The molecule has 176 valence electrons. The van der Waals surface area contributed by atoms with Crippen molar-refractivity contribution in [3.05, 3.63) is 82.6 Å². The summed E-state index contributed by atoms with van der Waals surface area (Å²) in [5.41, 5.74) is 12.1. The molecule has 9 heteroatoms. The van der Waals surface area contributed by atoms with Crippen molar-refractivity contribution in [3.63, 3.8) is 0 Å². The molecule has 34 heavy (non-hydrogen) atoms. The van der Waals surface area contributed by atoms with Gasteiger partial charge in [0.25, 0.3) is 0 Å². The lowest BCUT2D eigenvalue weighted by atomic mass is 10.0. The van der Waals surface area contributed by atoms with Crippen molar-refractivity contribution in [1.29, 1.82) is 0 Å². The first kappa shape index (κ1) is 23.6. The highest BCUT2D eigenvalue weighted by atomic mass is 79.9. The molecule has 0 atom stereocenters. The minimum absolute atomic E-state index is 0.140. The number of ketones is 1. The van der Waals surface area contributed by atoms with Crippen LogP contribution in [0.2, 0.25) is 0 Å². The Bertz CT molecular complexity index is 1170. The van der Waals surface area contributed by atoms with E-state index in [4.69, 9.17) is 10.5 Å². The number of hydrogen-bond acceptors (Lipinski definition) is 7. The second-order valence-corrected chi connectivity index (χ2v) is 8.90. The molecular formula is C25H26BrN5O3. The molecule has 4 rings (SSSR count). The molecule has 0 aliphatic carbocycles. The maximum Gasteiger partial charge on any atom is 0.428 e. The Morgan fingerprint density at radius 1 is 1.12 bits per heavy atom. The number of benzene rings is 2. The Labute approximate surface area is 206 Å². The first-order valence-electron chi connectivity index (χ1n) is 11.0. The number of amides is 1. The number of aromatic nitrogens is 1. The van der Waals surface area contributed by atoms with Crippen LogP contribution in [0, 0.1) is 0 Å². The number of hydrogen-bond donors (Lipinski definition) is 2. The summed E-state index contributed by atoms with van der Waals surface area (Å²) < 4.78 is 5.86. The molecule has 3 aromatic rings. The van der Waals surface area contributed by atoms with Crippen molar-refractivity contribution in [2.24, 2.45) is 0 Å². The van der Waals surface area contributed by atoms with Crippen molar-refractivity contribution in [1.82, 2.24) is 9.99 Å². The number of nitrogens with zero attached hydrogens (tertiary/aromatic N) is 3. The molecule has 2 heterocycles. The summed E-state index contributed by atoms with van der Waals surface area (Å²) >= 11 is 3.41. The molecule has 2 aromatic carbocycles. The van der Waals surface area contributed by atoms with E-state index < -0.39 is 6.09 Å². The first-order chi connectivity index (χ1) is 16.5. The van der Waals surface area contributed by atoms with Crippen LogP contribution in [-0.4, -0.2) is 48.1 Å². The molecular weight excluding hydrogens is 498 g/mol. The van der Waals surface area contributed by atoms with Crippen LogP contribution < -0.4 is 16.1 Å². The quantitative estimate of drug-likeness (QED) is 0.273. The summed E-state index contributed by atoms with van der Waals surface area (Å²) in [6, 6.07) is 16.1. The van der Waals surface area contributed by atoms with Gasteiger partial charge in [-0.1, -0.05) is 34.1 Å². The van der Waals surface area contributed by atoms with E-state index in [1.165, 1.54) is 12.1 Å². The molecule has 1 aliphatic heterocycles. The van der Waals surface area contributed by atoms with Gasteiger partial charge in [-0.3, -0.25) is 15.2 Å². The topological polar surface area (TPSA) is 101 Å². The summed E-state index contributed by atoms with van der Waals surface area (Å²) in [5.74, 6) is -0.201. The van der Waals surface area contributed by atoms with Gasteiger partial charge in [0.15, 0.2) is 5.78 Å². The molecule has 8 nitrogen and oxygen atoms in total. The molecule has 0 radical (unpaired) electrons. The van der Waals surface area contributed by atoms with Gasteiger partial charge >= 0.3 is 6.09 Å². The van der Waals surface area contributed by atoms with E-state index in [0.717, 1.165) is 23.2 Å². The molecule has 1 fully saturated rings. The lowest BCUT2D eigenvalue weighted by Gasteiger charge is -2.39. The Morgan fingerprint density at radius 2 is 1.82 bits per heavy atom. The minimum atomic E-state index is -0.536. The van der Waals surface area contributed by atoms with E-state index in [1.54, 1.807) is 48.8 Å². The lowest BCUT2D eigenvalue weighted by molar-refractivity contribution is 0.103. The zero-order chi connectivity index (χ0) is 24.1. The predicted molar refractivity (Wildman–Crippen MR) is 136 cm³/mol. The van der Waals surface area contributed by atoms with Gasteiger partial charge in [-0.15, -0.1) is 0 Å². The van der Waals surface area contributed by atoms with E-state index in [2.05, 4.69) is 31.2 Å². The number of para-hydroxylation sites is 1. The van der Waals surface area contributed by atoms with E-state index in [0.29, 0.717) is 35.3 Å². The monoisotopic (exact) mass is 523 g/mol. The minimum Gasteiger partial charge on any atom is -0.452 e. The summed E-state index contributed by atoms with van der Waals surface area (Å²) in [6.45, 7) is 1.52. The van der Waals surface area contributed by atoms with Gasteiger partial charge in [0.1, 0.15) is 0 Å². The molecule has 1 aromatic heterocycles. The summed E-state index contributed by atoms with van der Waals surface area (Å²) in [6.07, 6.45) is 4.43. The Balaban J connectivity index is 1.58. The van der Waals surface area contributed by atoms with Crippen LogP contribution in [0.1, 0.15) is 28.8 Å². The number of hydrazine groups is 1. The van der Waals surface area contributed by atoms with E-state index in [-0.39, 0.29) is 11.8 Å². The van der Waals surface area contributed by atoms with E-state index in [9.17, 15) is 9.59 Å². The Hall–Kier alpha value is -3.59. The average molecular weight is 524 g/mol. The second-order valence-electron chi connectivity index (χ2n) is 7.98. The van der Waals surface area contributed by atoms with E-state index >= 15 is 0 Å². The number of pyridine rings is 1. The van der Waals surface area contributed by atoms with Crippen LogP contribution >= 0.6 is 15.9 Å². The highest BCUT2D eigenvalue weighted by Gasteiger charge is 2.30. The fourth-order valence-corrected chi connectivity index (χ4v) is 4.51. The highest BCUT2D eigenvalue weighted by molar-refractivity contribution is 9.10. The molecule has 0 saturated carbocycles. The number of anilines is 3. The fraction of sp³-hybridized carbons (Fsp3) is 0.240. The Kier molecular flexibility index (Phi) is 7.32. The molecule has 0 spiro atoms. The molecule has 3 N–H and O–H groups in total. The Morgan fingerprint density at radius 3 is 2.50 bits per heavy atom. The molecule has 1 aliphatic rings. The van der Waals surface area contributed by atoms with Gasteiger partial charge in [-0.05, 0) is 49.2 Å². The number of rotatable bonds is 6. The highest BCUT2D eigenvalue weighted by Crippen LogP contribution is 2.30. The van der Waals surface area contributed by atoms with Crippen molar-refractivity contribution in [3.8, 4) is 0 Å². The number of halogens is 1. The number of nitrogen functional groups attached to an aromatic ring is 1. The van der Waals surface area contributed by atoms with Gasteiger partial charge in [0.2, 0.25) is 0 Å². The normalized spacial score (nSPS) is 13.9. The van der Waals surface area contributed by atoms with Gasteiger partial charge in [0.05, 0.1) is 24.5 Å². The first-order valence-corrected chi connectivity index (χ1v) is 11.7. The third-order valence-corrected chi connectivity index (χ3v) is 6.38. The zero-order valence-electron chi connectivity index (χ0n) is 18.8. The number of methoxy groups -OCH3 is 1. The number of carbonyl (C=O) groups excluding carboxylic acids is 2. The number of piperidine rings is 1. The van der Waals surface area contributed by atoms with Gasteiger partial charge in [0, 0.05) is 46.8 Å². The van der Waals surface area contributed by atoms with Gasteiger partial charge in [-0.25, -0.2) is 9.80 Å². The predicted octanol–water partition coefficient (Wildman–Crippen LogP) is 4.72. The SMILES string of the molecule is COC(=O)N(Nc1c(N)cccc1C(=O)c1cccc(Br)c1)C1CCN(c2ccncc2)CC1. The number of ether oxygens (including phenoxy) is 1. The van der Waals surface area contributed by atoms with Crippen LogP contribution in [0.3, 0.4) is 0 Å². The summed E-state index contributed by atoms with van der Waals surface area (Å²) in [4.78, 5) is 32.4. The van der Waals surface area contributed by atoms with Crippen LogP contribution in [0.25, 0.3) is 0 Å². The lowest BCUT2D eigenvalue weighted by Crippen LogP contribution is -2.50. The summed E-state index contributed by atoms with van der Waals surface area (Å²) in [5, 5.41) is 1.45. The third-order valence-electron chi connectivity index (χ3n) is 5.89. The molecule has 1 amide bonds. The van der Waals surface area contributed by atoms with Gasteiger partial charge in [-0.2, -0.15) is 0 Å². The fourth-order valence-electron chi connectivity index (χ4n) is 4.11. The zero-order valence-corrected chi connectivity index (χ0v) is 20.4. The second kappa shape index (κ2) is 10.6. The van der Waals surface area contributed by atoms with Crippen LogP contribution in [0.5, 0.6) is 0 Å². The number of carbonyl (C=O) groups is 2.